The molecule has 0 saturated carbocycles. The van der Waals surface area contributed by atoms with E-state index in [1.54, 1.807) is 0 Å². The third-order valence-electron chi connectivity index (χ3n) is 11.4. The molecule has 0 aliphatic heterocycles. The Bertz CT molecular complexity index is 3440. The quantitative estimate of drug-likeness (QED) is 0.154. The highest BCUT2D eigenvalue weighted by Gasteiger charge is 2.21. The van der Waals surface area contributed by atoms with Gasteiger partial charge in [0.15, 0.2) is 23.1 Å². The molecule has 0 aliphatic carbocycles. The van der Waals surface area contributed by atoms with Crippen LogP contribution in [0.25, 0.3) is 118 Å². The maximum Gasteiger partial charge on any atom is 0.164 e. The molecular weight excluding hydrogens is 733 g/mol. The van der Waals surface area contributed by atoms with Crippen LogP contribution in [0.3, 0.4) is 0 Å². The van der Waals surface area contributed by atoms with E-state index < -0.39 is 0 Å². The summed E-state index contributed by atoms with van der Waals surface area (Å²) in [6.45, 7) is 8.36. The van der Waals surface area contributed by atoms with Crippen molar-refractivity contribution in [2.75, 3.05) is 0 Å². The van der Waals surface area contributed by atoms with Crippen molar-refractivity contribution in [3.05, 3.63) is 206 Å². The van der Waals surface area contributed by atoms with Gasteiger partial charge in [0, 0.05) is 38.2 Å². The average Bonchev–Trinajstić information content (AvgIpc) is 3.87. The first kappa shape index (κ1) is 35.0. The van der Waals surface area contributed by atoms with Crippen molar-refractivity contribution in [3.8, 4) is 62.1 Å². The Morgan fingerprint density at radius 2 is 0.967 bits per heavy atom. The van der Waals surface area contributed by atoms with Gasteiger partial charge < -0.3 is 8.98 Å². The molecule has 0 N–H and O–H groups in total. The number of rotatable bonds is 8. The molecule has 0 saturated heterocycles. The molecule has 3 aromatic heterocycles. The van der Waals surface area contributed by atoms with Gasteiger partial charge in [0.1, 0.15) is 5.58 Å². The van der Waals surface area contributed by atoms with Gasteiger partial charge in [0.2, 0.25) is 0 Å². The number of hydrogen-bond acceptors (Lipinski definition) is 4. The van der Waals surface area contributed by atoms with Gasteiger partial charge >= 0.3 is 0 Å². The Kier molecular flexibility index (Phi) is 8.38. The first-order chi connectivity index (χ1) is 29.6. The second kappa shape index (κ2) is 14.3. The first-order valence-electron chi connectivity index (χ1n) is 20.0. The van der Waals surface area contributed by atoms with Crippen molar-refractivity contribution >= 4 is 55.9 Å². The van der Waals surface area contributed by atoms with Crippen molar-refractivity contribution in [3.63, 3.8) is 0 Å². The first-order valence-corrected chi connectivity index (χ1v) is 20.0. The fourth-order valence-electron chi connectivity index (χ4n) is 8.51. The molecule has 0 amide bonds. The number of benzene rings is 8. The van der Waals surface area contributed by atoms with Gasteiger partial charge in [-0.2, -0.15) is 0 Å². The summed E-state index contributed by atoms with van der Waals surface area (Å²) in [6.07, 6.45) is 3.84. The highest BCUT2D eigenvalue weighted by atomic mass is 16.3. The van der Waals surface area contributed by atoms with Gasteiger partial charge in [0.25, 0.3) is 0 Å². The van der Waals surface area contributed by atoms with E-state index in [1.165, 1.54) is 0 Å². The fraction of sp³-hybridized carbons (Fsp3) is 0. The average molecular weight is 769 g/mol. The summed E-state index contributed by atoms with van der Waals surface area (Å²) in [7, 11) is 0. The van der Waals surface area contributed by atoms with Gasteiger partial charge in [0.05, 0.1) is 16.7 Å². The zero-order valence-corrected chi connectivity index (χ0v) is 32.6. The molecule has 0 atom stereocenters. The summed E-state index contributed by atoms with van der Waals surface area (Å²) >= 11 is 0. The molecular formula is C55H36N4O. The topological polar surface area (TPSA) is 56.7 Å². The summed E-state index contributed by atoms with van der Waals surface area (Å²) in [5.74, 6) is 1.78. The molecule has 60 heavy (non-hydrogen) atoms. The number of furan rings is 1. The van der Waals surface area contributed by atoms with Crippen LogP contribution in [0.4, 0.5) is 0 Å². The smallest absolute Gasteiger partial charge is 0.164 e. The van der Waals surface area contributed by atoms with Crippen molar-refractivity contribution in [2.45, 2.75) is 0 Å². The lowest BCUT2D eigenvalue weighted by Gasteiger charge is -2.10. The minimum atomic E-state index is 0.570. The number of hydrogen-bond donors (Lipinski definition) is 0. The van der Waals surface area contributed by atoms with E-state index in [4.69, 9.17) is 19.4 Å². The largest absolute Gasteiger partial charge is 0.454 e. The number of nitrogens with zero attached hydrogens (tertiary/aromatic N) is 4. The number of fused-ring (bicyclic) bond motifs is 6. The van der Waals surface area contributed by atoms with Crippen LogP contribution in [0.2, 0.25) is 0 Å². The van der Waals surface area contributed by atoms with Gasteiger partial charge in [-0.1, -0.05) is 171 Å². The van der Waals surface area contributed by atoms with Crippen LogP contribution in [0.1, 0.15) is 11.1 Å². The predicted molar refractivity (Wildman–Crippen MR) is 249 cm³/mol. The van der Waals surface area contributed by atoms with E-state index in [0.717, 1.165) is 99.5 Å². The van der Waals surface area contributed by atoms with Crippen LogP contribution in [0.5, 0.6) is 0 Å². The molecule has 0 fully saturated rings. The molecule has 0 aliphatic rings. The maximum absolute atomic E-state index is 6.92. The standard InChI is InChI=1S/C55H36N4O/c1-3-35-28-32-48-51(43(35)4-2)46-33-41(37-17-10-6-11-18-37)29-31-47(46)59(48)49-22-14-21-45-44-30-27-42(34-50(44)60-52(45)49)55-57-53(39-19-12-7-13-20-39)56-54(58-55)40-25-23-38(24-26-40)36-15-8-5-9-16-36/h3-34H,1-2H2. The minimum absolute atomic E-state index is 0.570. The van der Waals surface area contributed by atoms with E-state index in [-0.39, 0.29) is 0 Å². The third kappa shape index (κ3) is 5.83. The van der Waals surface area contributed by atoms with Crippen molar-refractivity contribution in [1.82, 2.24) is 19.5 Å². The normalized spacial score (nSPS) is 11.5. The van der Waals surface area contributed by atoms with Crippen LogP contribution in [-0.2, 0) is 0 Å². The molecule has 0 bridgehead atoms. The lowest BCUT2D eigenvalue weighted by molar-refractivity contribution is 0.666. The Hall–Kier alpha value is -8.15. The van der Waals surface area contributed by atoms with Gasteiger partial charge in [-0.05, 0) is 69.8 Å². The van der Waals surface area contributed by atoms with E-state index in [1.807, 2.05) is 54.6 Å². The van der Waals surface area contributed by atoms with Crippen LogP contribution in [-0.4, -0.2) is 19.5 Å². The summed E-state index contributed by atoms with van der Waals surface area (Å²) in [6, 6.07) is 62.9. The van der Waals surface area contributed by atoms with E-state index >= 15 is 0 Å². The van der Waals surface area contributed by atoms with Crippen LogP contribution in [0.15, 0.2) is 200 Å². The second-order valence-electron chi connectivity index (χ2n) is 14.9. The summed E-state index contributed by atoms with van der Waals surface area (Å²) in [4.78, 5) is 15.1. The molecule has 8 aromatic carbocycles. The number of aromatic nitrogens is 4. The Morgan fingerprint density at radius 3 is 1.63 bits per heavy atom. The molecule has 282 valence electrons. The Labute approximate surface area is 346 Å². The Balaban J connectivity index is 1.07. The molecule has 5 nitrogen and oxygen atoms in total. The highest BCUT2D eigenvalue weighted by Crippen LogP contribution is 2.42. The van der Waals surface area contributed by atoms with E-state index in [0.29, 0.717) is 17.5 Å². The Morgan fingerprint density at radius 1 is 0.417 bits per heavy atom. The summed E-state index contributed by atoms with van der Waals surface area (Å²) in [5.41, 5.74) is 14.0. The van der Waals surface area contributed by atoms with Crippen molar-refractivity contribution in [1.29, 1.82) is 0 Å². The second-order valence-corrected chi connectivity index (χ2v) is 14.9. The van der Waals surface area contributed by atoms with Crippen molar-refractivity contribution in [2.24, 2.45) is 0 Å². The number of para-hydroxylation sites is 1. The lowest BCUT2D eigenvalue weighted by Crippen LogP contribution is -2.00. The maximum atomic E-state index is 6.92. The molecule has 11 aromatic rings. The zero-order chi connectivity index (χ0) is 40.2. The van der Waals surface area contributed by atoms with Crippen molar-refractivity contribution < 1.29 is 4.42 Å². The van der Waals surface area contributed by atoms with E-state index in [9.17, 15) is 0 Å². The fourth-order valence-corrected chi connectivity index (χ4v) is 8.51. The molecule has 0 unspecified atom stereocenters. The molecule has 0 spiro atoms. The zero-order valence-electron chi connectivity index (χ0n) is 32.6. The molecule has 3 heterocycles. The van der Waals surface area contributed by atoms with Gasteiger partial charge in [-0.25, -0.2) is 15.0 Å². The SMILES string of the molecule is C=Cc1ccc2c(c1C=C)c1cc(-c3ccccc3)ccc1n2-c1cccc2c1oc1cc(-c3nc(-c4ccccc4)nc(-c4ccc(-c5ccccc5)cc4)n3)ccc12. The lowest BCUT2D eigenvalue weighted by atomic mass is 9.98. The summed E-state index contributed by atoms with van der Waals surface area (Å²) < 4.78 is 9.24. The molecule has 5 heteroatoms. The highest BCUT2D eigenvalue weighted by molar-refractivity contribution is 6.16. The monoisotopic (exact) mass is 768 g/mol. The van der Waals surface area contributed by atoms with Crippen LogP contribution >= 0.6 is 0 Å². The van der Waals surface area contributed by atoms with Gasteiger partial charge in [-0.15, -0.1) is 0 Å². The van der Waals surface area contributed by atoms with E-state index in [2.05, 4.69) is 157 Å². The minimum Gasteiger partial charge on any atom is -0.454 e. The van der Waals surface area contributed by atoms with Gasteiger partial charge in [-0.3, -0.25) is 0 Å². The predicted octanol–water partition coefficient (Wildman–Crippen LogP) is 14.5. The van der Waals surface area contributed by atoms with Crippen LogP contribution < -0.4 is 0 Å². The summed E-state index contributed by atoms with van der Waals surface area (Å²) in [5, 5.41) is 4.30. The third-order valence-corrected chi connectivity index (χ3v) is 11.4. The molecule has 0 radical (unpaired) electrons. The van der Waals surface area contributed by atoms with Crippen LogP contribution in [0, 0.1) is 0 Å². The molecule has 11 rings (SSSR count).